The normalized spacial score (nSPS) is 17.2. The first-order valence-corrected chi connectivity index (χ1v) is 6.39. The van der Waals surface area contributed by atoms with Gasteiger partial charge in [-0.1, -0.05) is 40.2 Å². The van der Waals surface area contributed by atoms with E-state index in [-0.39, 0.29) is 0 Å². The molecule has 1 aromatic heterocycles. The molecule has 0 bridgehead atoms. The highest BCUT2D eigenvalue weighted by atomic mass is 15.1. The fraction of sp³-hybridized carbons (Fsp3) is 0.643. The van der Waals surface area contributed by atoms with Crippen LogP contribution >= 0.6 is 0 Å². The van der Waals surface area contributed by atoms with Crippen molar-refractivity contribution in [2.45, 2.75) is 55.0 Å². The summed E-state index contributed by atoms with van der Waals surface area (Å²) in [5.74, 6) is 1.77. The largest absolute Gasteiger partial charge is 0.331 e. The van der Waals surface area contributed by atoms with Gasteiger partial charge in [0.2, 0.25) is 0 Å². The molecule has 16 heavy (non-hydrogen) atoms. The van der Waals surface area contributed by atoms with Crippen LogP contribution in [0.25, 0.3) is 6.08 Å². The van der Waals surface area contributed by atoms with Crippen LogP contribution in [0.2, 0.25) is 0 Å². The predicted octanol–water partition coefficient (Wildman–Crippen LogP) is 4.30. The van der Waals surface area contributed by atoms with E-state index in [1.54, 1.807) is 0 Å². The van der Waals surface area contributed by atoms with Crippen molar-refractivity contribution in [2.24, 2.45) is 5.92 Å². The number of nitrogens with zero attached hydrogens (tertiary/aromatic N) is 2. The zero-order chi connectivity index (χ0) is 12.7. The summed E-state index contributed by atoms with van der Waals surface area (Å²) in [6.45, 7) is 15.6. The summed E-state index contributed by atoms with van der Waals surface area (Å²) in [6, 6.07) is 0. The Morgan fingerprint density at radius 2 is 1.75 bits per heavy atom. The minimum atomic E-state index is 0.658. The fourth-order valence-electron chi connectivity index (χ4n) is 1.61. The first-order valence-electron chi connectivity index (χ1n) is 6.39. The minimum absolute atomic E-state index is 0.658. The summed E-state index contributed by atoms with van der Waals surface area (Å²) in [6.07, 6.45) is 4.30. The van der Waals surface area contributed by atoms with E-state index in [2.05, 4.69) is 35.7 Å². The lowest BCUT2D eigenvalue weighted by molar-refractivity contribution is 0.530. The topological polar surface area (TPSA) is 17.8 Å². The number of imidazole rings is 1. The maximum Gasteiger partial charge on any atom is 0.132 e. The second-order valence-corrected chi connectivity index (χ2v) is 3.68. The van der Waals surface area contributed by atoms with E-state index >= 15 is 0 Å². The molecule has 1 aliphatic heterocycles. The van der Waals surface area contributed by atoms with Crippen molar-refractivity contribution >= 4 is 6.08 Å². The van der Waals surface area contributed by atoms with E-state index in [1.165, 1.54) is 5.57 Å². The average Bonchev–Trinajstić information content (AvgIpc) is 2.64. The molecule has 2 rings (SSSR count). The number of fused-ring (bicyclic) bond motifs is 1. The van der Waals surface area contributed by atoms with Crippen LogP contribution in [0.1, 0.15) is 53.1 Å². The number of hydrogen-bond donors (Lipinski definition) is 0. The van der Waals surface area contributed by atoms with E-state index in [1.807, 2.05) is 34.6 Å². The molecule has 0 spiro atoms. The average molecular weight is 222 g/mol. The lowest BCUT2D eigenvalue weighted by Gasteiger charge is -2.19. The summed E-state index contributed by atoms with van der Waals surface area (Å²) < 4.78 is 2.23. The first-order chi connectivity index (χ1) is 7.66. The Hall–Kier alpha value is -1.05. The van der Waals surface area contributed by atoms with Crippen LogP contribution in [0.5, 0.6) is 0 Å². The summed E-state index contributed by atoms with van der Waals surface area (Å²) >= 11 is 0. The second kappa shape index (κ2) is 7.26. The molecule has 0 amide bonds. The van der Waals surface area contributed by atoms with Crippen LogP contribution in [0.3, 0.4) is 0 Å². The summed E-state index contributed by atoms with van der Waals surface area (Å²) in [7, 11) is 0. The van der Waals surface area contributed by atoms with Crippen LogP contribution in [0, 0.1) is 12.8 Å². The smallest absolute Gasteiger partial charge is 0.132 e. The van der Waals surface area contributed by atoms with E-state index in [4.69, 9.17) is 0 Å². The number of hydrogen-bond acceptors (Lipinski definition) is 1. The van der Waals surface area contributed by atoms with E-state index < -0.39 is 0 Å². The van der Waals surface area contributed by atoms with Gasteiger partial charge in [0.25, 0.3) is 0 Å². The fourth-order valence-corrected chi connectivity index (χ4v) is 1.61. The molecule has 0 fully saturated rings. The van der Waals surface area contributed by atoms with Gasteiger partial charge >= 0.3 is 0 Å². The molecule has 1 atom stereocenters. The third kappa shape index (κ3) is 3.51. The molecule has 0 aromatic carbocycles. The van der Waals surface area contributed by atoms with E-state index in [0.29, 0.717) is 5.92 Å². The standard InChI is InChI=1S/C10H14N2.2C2H6/c1-7-4-10-11-9(3)6-12(10)5-8(7)2;2*1-2/h4,6,8H,5H2,1-3H3;2*1-2H3. The van der Waals surface area contributed by atoms with Crippen molar-refractivity contribution in [2.75, 3.05) is 0 Å². The lowest BCUT2D eigenvalue weighted by Crippen LogP contribution is -2.13. The third-order valence-corrected chi connectivity index (χ3v) is 2.53. The molecule has 1 aromatic rings. The summed E-state index contributed by atoms with van der Waals surface area (Å²) in [4.78, 5) is 4.42. The van der Waals surface area contributed by atoms with Crippen LogP contribution in [0.4, 0.5) is 0 Å². The van der Waals surface area contributed by atoms with E-state index in [9.17, 15) is 0 Å². The van der Waals surface area contributed by atoms with Gasteiger partial charge in [-0.05, 0) is 25.8 Å². The predicted molar refractivity (Wildman–Crippen MR) is 72.5 cm³/mol. The third-order valence-electron chi connectivity index (χ3n) is 2.53. The van der Waals surface area contributed by atoms with Crippen molar-refractivity contribution in [3.8, 4) is 0 Å². The lowest BCUT2D eigenvalue weighted by atomic mass is 10.00. The number of allylic oxidation sites excluding steroid dienone is 1. The molecular formula is C14H26N2. The highest BCUT2D eigenvalue weighted by molar-refractivity contribution is 5.48. The van der Waals surface area contributed by atoms with Gasteiger partial charge in [-0.3, -0.25) is 0 Å². The zero-order valence-electron chi connectivity index (χ0n) is 11.8. The Morgan fingerprint density at radius 1 is 1.19 bits per heavy atom. The monoisotopic (exact) mass is 222 g/mol. The number of aryl methyl sites for hydroxylation is 1. The molecule has 0 saturated heterocycles. The molecule has 92 valence electrons. The van der Waals surface area contributed by atoms with E-state index in [0.717, 1.165) is 18.1 Å². The Labute approximate surface area is 100 Å². The Morgan fingerprint density at radius 3 is 2.31 bits per heavy atom. The van der Waals surface area contributed by atoms with Crippen LogP contribution in [0.15, 0.2) is 11.8 Å². The van der Waals surface area contributed by atoms with Gasteiger partial charge in [-0.15, -0.1) is 0 Å². The maximum atomic E-state index is 4.42. The van der Waals surface area contributed by atoms with Gasteiger partial charge < -0.3 is 4.57 Å². The Balaban J connectivity index is 0.000000509. The summed E-state index contributed by atoms with van der Waals surface area (Å²) in [5, 5.41) is 0. The molecular weight excluding hydrogens is 196 g/mol. The maximum absolute atomic E-state index is 4.42. The van der Waals surface area contributed by atoms with Crippen LogP contribution in [-0.4, -0.2) is 9.55 Å². The highest BCUT2D eigenvalue weighted by Crippen LogP contribution is 2.22. The first kappa shape index (κ1) is 14.9. The molecule has 2 heteroatoms. The van der Waals surface area contributed by atoms with Crippen LogP contribution < -0.4 is 0 Å². The molecule has 2 nitrogen and oxygen atoms in total. The van der Waals surface area contributed by atoms with Crippen molar-refractivity contribution in [3.05, 3.63) is 23.3 Å². The quantitative estimate of drug-likeness (QED) is 0.640. The van der Waals surface area contributed by atoms with Gasteiger partial charge in [-0.2, -0.15) is 0 Å². The minimum Gasteiger partial charge on any atom is -0.331 e. The molecule has 1 unspecified atom stereocenters. The molecule has 2 heterocycles. The van der Waals surface area contributed by atoms with Gasteiger partial charge in [0, 0.05) is 12.7 Å². The number of rotatable bonds is 0. The van der Waals surface area contributed by atoms with Crippen molar-refractivity contribution in [1.29, 1.82) is 0 Å². The van der Waals surface area contributed by atoms with Crippen molar-refractivity contribution in [1.82, 2.24) is 9.55 Å². The van der Waals surface area contributed by atoms with Gasteiger partial charge in [0.15, 0.2) is 0 Å². The van der Waals surface area contributed by atoms with Gasteiger partial charge in [0.05, 0.1) is 5.69 Å². The molecule has 0 saturated carbocycles. The second-order valence-electron chi connectivity index (χ2n) is 3.68. The van der Waals surface area contributed by atoms with Crippen molar-refractivity contribution < 1.29 is 0 Å². The molecule has 0 aliphatic carbocycles. The molecule has 0 N–H and O–H groups in total. The SMILES string of the molecule is CC.CC.CC1=Cc2nc(C)cn2CC1C. The summed E-state index contributed by atoms with van der Waals surface area (Å²) in [5.41, 5.74) is 2.55. The molecule has 0 radical (unpaired) electrons. The van der Waals surface area contributed by atoms with Gasteiger partial charge in [0.1, 0.15) is 5.82 Å². The zero-order valence-corrected chi connectivity index (χ0v) is 11.8. The van der Waals surface area contributed by atoms with Crippen molar-refractivity contribution in [3.63, 3.8) is 0 Å². The number of aromatic nitrogens is 2. The van der Waals surface area contributed by atoms with Crippen LogP contribution in [-0.2, 0) is 6.54 Å². The van der Waals surface area contributed by atoms with Gasteiger partial charge in [-0.25, -0.2) is 4.98 Å². The Kier molecular flexibility index (Phi) is 6.78. The highest BCUT2D eigenvalue weighted by Gasteiger charge is 2.14. The molecule has 1 aliphatic rings. The Bertz CT molecular complexity index is 335.